The lowest BCUT2D eigenvalue weighted by atomic mass is 9.88. The van der Waals surface area contributed by atoms with Gasteiger partial charge in [-0.05, 0) is 30.6 Å². The second kappa shape index (κ2) is 6.88. The average molecular weight is 312 g/mol. The van der Waals surface area contributed by atoms with Gasteiger partial charge < -0.3 is 9.30 Å². The van der Waals surface area contributed by atoms with Gasteiger partial charge >= 0.3 is 0 Å². The molecule has 124 valence electrons. The molecule has 0 aliphatic carbocycles. The van der Waals surface area contributed by atoms with E-state index >= 15 is 0 Å². The average Bonchev–Trinajstić information content (AvgIpc) is 2.90. The van der Waals surface area contributed by atoms with Crippen LogP contribution >= 0.6 is 0 Å². The molecule has 0 N–H and O–H groups in total. The topological polar surface area (TPSA) is 27.1 Å². The molecule has 0 amide bonds. The van der Waals surface area contributed by atoms with E-state index in [1.165, 1.54) is 11.3 Å². The molecule has 2 aromatic rings. The molecule has 0 atom stereocenters. The van der Waals surface area contributed by atoms with Crippen LogP contribution in [-0.2, 0) is 17.7 Å². The molecule has 1 aromatic carbocycles. The first-order chi connectivity index (χ1) is 11.0. The van der Waals surface area contributed by atoms with Gasteiger partial charge in [0.25, 0.3) is 0 Å². The summed E-state index contributed by atoms with van der Waals surface area (Å²) in [5.74, 6) is 0.709. The van der Waals surface area contributed by atoms with E-state index in [2.05, 4.69) is 55.7 Å². The summed E-state index contributed by atoms with van der Waals surface area (Å²) in [6.07, 6.45) is 5.40. The van der Waals surface area contributed by atoms with E-state index in [0.29, 0.717) is 5.92 Å². The highest BCUT2D eigenvalue weighted by Crippen LogP contribution is 2.30. The maximum absolute atomic E-state index is 5.50. The Hall–Kier alpha value is -1.61. The first-order valence-electron chi connectivity index (χ1n) is 8.70. The van der Waals surface area contributed by atoms with Crippen LogP contribution in [0, 0.1) is 11.3 Å². The van der Waals surface area contributed by atoms with Gasteiger partial charge in [-0.1, -0.05) is 51.1 Å². The molecule has 3 nitrogen and oxygen atoms in total. The van der Waals surface area contributed by atoms with Crippen LogP contribution in [0.15, 0.2) is 36.7 Å². The Morgan fingerprint density at radius 2 is 1.83 bits per heavy atom. The molecule has 1 aromatic heterocycles. The van der Waals surface area contributed by atoms with Crippen molar-refractivity contribution in [2.45, 2.75) is 46.6 Å². The molecule has 0 radical (unpaired) electrons. The van der Waals surface area contributed by atoms with Crippen molar-refractivity contribution in [2.75, 3.05) is 13.2 Å². The summed E-state index contributed by atoms with van der Waals surface area (Å²) < 4.78 is 7.89. The molecule has 0 unspecified atom stereocenters. The summed E-state index contributed by atoms with van der Waals surface area (Å²) in [6.45, 7) is 9.77. The first kappa shape index (κ1) is 16.3. The Morgan fingerprint density at radius 1 is 1.13 bits per heavy atom. The summed E-state index contributed by atoms with van der Waals surface area (Å²) in [7, 11) is 0. The summed E-state index contributed by atoms with van der Waals surface area (Å²) in [5, 5.41) is 0. The van der Waals surface area contributed by atoms with Crippen LogP contribution in [0.25, 0.3) is 11.3 Å². The Labute approximate surface area is 139 Å². The molecule has 1 saturated heterocycles. The predicted octanol–water partition coefficient (Wildman–Crippen LogP) is 4.57. The van der Waals surface area contributed by atoms with E-state index in [-0.39, 0.29) is 5.41 Å². The van der Waals surface area contributed by atoms with Crippen molar-refractivity contribution in [3.8, 4) is 11.3 Å². The second-order valence-electron chi connectivity index (χ2n) is 7.85. The van der Waals surface area contributed by atoms with Crippen LogP contribution in [-0.4, -0.2) is 22.8 Å². The van der Waals surface area contributed by atoms with E-state index in [4.69, 9.17) is 9.72 Å². The van der Waals surface area contributed by atoms with Gasteiger partial charge in [0.15, 0.2) is 0 Å². The normalized spacial score (nSPS) is 16.7. The molecule has 1 aliphatic rings. The van der Waals surface area contributed by atoms with Gasteiger partial charge in [0.05, 0.1) is 12.0 Å². The van der Waals surface area contributed by atoms with E-state index in [0.717, 1.165) is 44.7 Å². The molecule has 0 bridgehead atoms. The molecule has 0 spiro atoms. The lowest BCUT2D eigenvalue weighted by Crippen LogP contribution is -2.22. The lowest BCUT2D eigenvalue weighted by molar-refractivity contribution is 0.0609. The van der Waals surface area contributed by atoms with Gasteiger partial charge in [-0.2, -0.15) is 0 Å². The zero-order valence-corrected chi connectivity index (χ0v) is 14.6. The summed E-state index contributed by atoms with van der Waals surface area (Å²) in [6, 6.07) is 10.6. The Bertz CT molecular complexity index is 619. The van der Waals surface area contributed by atoms with Crippen molar-refractivity contribution >= 4 is 0 Å². The number of nitrogens with zero attached hydrogens (tertiary/aromatic N) is 2. The fourth-order valence-electron chi connectivity index (χ4n) is 3.30. The molecule has 0 saturated carbocycles. The van der Waals surface area contributed by atoms with Crippen LogP contribution in [0.4, 0.5) is 0 Å². The van der Waals surface area contributed by atoms with Crippen molar-refractivity contribution in [1.82, 2.24) is 9.55 Å². The van der Waals surface area contributed by atoms with Crippen molar-refractivity contribution < 1.29 is 4.74 Å². The van der Waals surface area contributed by atoms with Crippen molar-refractivity contribution in [1.29, 1.82) is 0 Å². The molecular weight excluding hydrogens is 284 g/mol. The standard InChI is InChI=1S/C20H28N2O/c1-20(2,3)13-18-19(17-7-5-4-6-8-17)21-15-22(18)14-16-9-11-23-12-10-16/h4-8,15-16H,9-14H2,1-3H3. The molecular formula is C20H28N2O. The Balaban J connectivity index is 1.90. The highest BCUT2D eigenvalue weighted by Gasteiger charge is 2.22. The quantitative estimate of drug-likeness (QED) is 0.827. The zero-order valence-electron chi connectivity index (χ0n) is 14.6. The minimum atomic E-state index is 0.247. The third-order valence-electron chi connectivity index (χ3n) is 4.49. The fourth-order valence-corrected chi connectivity index (χ4v) is 3.30. The number of ether oxygens (including phenoxy) is 1. The Kier molecular flexibility index (Phi) is 4.86. The molecule has 2 heterocycles. The monoisotopic (exact) mass is 312 g/mol. The molecule has 3 rings (SSSR count). The zero-order chi connectivity index (χ0) is 16.3. The number of rotatable bonds is 4. The summed E-state index contributed by atoms with van der Waals surface area (Å²) >= 11 is 0. The summed E-state index contributed by atoms with van der Waals surface area (Å²) in [5.41, 5.74) is 3.98. The van der Waals surface area contributed by atoms with Crippen molar-refractivity contribution in [3.05, 3.63) is 42.4 Å². The van der Waals surface area contributed by atoms with E-state index in [1.807, 2.05) is 6.33 Å². The van der Waals surface area contributed by atoms with Gasteiger partial charge in [0.2, 0.25) is 0 Å². The number of hydrogen-bond acceptors (Lipinski definition) is 2. The highest BCUT2D eigenvalue weighted by atomic mass is 16.5. The van der Waals surface area contributed by atoms with Crippen LogP contribution in [0.3, 0.4) is 0 Å². The maximum atomic E-state index is 5.50. The van der Waals surface area contributed by atoms with Crippen molar-refractivity contribution in [3.63, 3.8) is 0 Å². The van der Waals surface area contributed by atoms with E-state index in [1.54, 1.807) is 0 Å². The summed E-state index contributed by atoms with van der Waals surface area (Å²) in [4.78, 5) is 4.77. The SMILES string of the molecule is CC(C)(C)Cc1c(-c2ccccc2)ncn1CC1CCOCC1. The smallest absolute Gasteiger partial charge is 0.0956 e. The first-order valence-corrected chi connectivity index (χ1v) is 8.70. The molecule has 23 heavy (non-hydrogen) atoms. The highest BCUT2D eigenvalue weighted by molar-refractivity contribution is 5.61. The molecule has 1 aliphatic heterocycles. The van der Waals surface area contributed by atoms with Gasteiger partial charge in [-0.3, -0.25) is 0 Å². The maximum Gasteiger partial charge on any atom is 0.0956 e. The van der Waals surface area contributed by atoms with Crippen LogP contribution in [0.2, 0.25) is 0 Å². The van der Waals surface area contributed by atoms with Crippen molar-refractivity contribution in [2.24, 2.45) is 11.3 Å². The number of aromatic nitrogens is 2. The van der Waals surface area contributed by atoms with Gasteiger partial charge in [0.1, 0.15) is 0 Å². The Morgan fingerprint density at radius 3 is 2.48 bits per heavy atom. The van der Waals surface area contributed by atoms with E-state index in [9.17, 15) is 0 Å². The molecule has 3 heteroatoms. The number of benzene rings is 1. The van der Waals surface area contributed by atoms with Gasteiger partial charge in [-0.25, -0.2) is 4.98 Å². The van der Waals surface area contributed by atoms with Gasteiger partial charge in [0, 0.05) is 31.0 Å². The largest absolute Gasteiger partial charge is 0.381 e. The second-order valence-corrected chi connectivity index (χ2v) is 7.85. The number of hydrogen-bond donors (Lipinski definition) is 0. The fraction of sp³-hybridized carbons (Fsp3) is 0.550. The minimum Gasteiger partial charge on any atom is -0.381 e. The van der Waals surface area contributed by atoms with E-state index < -0.39 is 0 Å². The van der Waals surface area contributed by atoms with Crippen LogP contribution in [0.1, 0.15) is 39.3 Å². The third kappa shape index (κ3) is 4.23. The number of imidazole rings is 1. The lowest BCUT2D eigenvalue weighted by Gasteiger charge is -2.25. The van der Waals surface area contributed by atoms with Gasteiger partial charge in [-0.15, -0.1) is 0 Å². The molecule has 1 fully saturated rings. The third-order valence-corrected chi connectivity index (χ3v) is 4.49. The predicted molar refractivity (Wildman–Crippen MR) is 94.4 cm³/mol. The van der Waals surface area contributed by atoms with Crippen LogP contribution < -0.4 is 0 Å². The minimum absolute atomic E-state index is 0.247. The van der Waals surface area contributed by atoms with Crippen LogP contribution in [0.5, 0.6) is 0 Å².